The zero-order valence-electron chi connectivity index (χ0n) is 10.7. The van der Waals surface area contributed by atoms with Crippen LogP contribution in [0.2, 0.25) is 0 Å². The Hall–Kier alpha value is -1.26. The highest BCUT2D eigenvalue weighted by molar-refractivity contribution is 5.83. The number of hydrogen-bond donors (Lipinski definition) is 1. The van der Waals surface area contributed by atoms with E-state index in [1.54, 1.807) is 4.90 Å². The molecule has 0 spiro atoms. The average Bonchev–Trinajstić information content (AvgIpc) is 2.34. The number of amides is 3. The topological polar surface area (TPSA) is 66.6 Å². The molecule has 5 nitrogen and oxygen atoms in total. The maximum absolute atomic E-state index is 12.2. The summed E-state index contributed by atoms with van der Waals surface area (Å²) >= 11 is 0. The fourth-order valence-electron chi connectivity index (χ4n) is 2.06. The molecule has 98 valence electrons. The van der Waals surface area contributed by atoms with Crippen LogP contribution in [0.4, 0.5) is 4.79 Å². The Morgan fingerprint density at radius 2 is 1.88 bits per heavy atom. The monoisotopic (exact) mass is 241 g/mol. The number of carbonyl (C=O) groups excluding carboxylic acids is 2. The predicted octanol–water partition coefficient (Wildman–Crippen LogP) is 1.18. The van der Waals surface area contributed by atoms with Crippen LogP contribution < -0.4 is 5.73 Å². The lowest BCUT2D eigenvalue weighted by Gasteiger charge is -2.32. The maximum atomic E-state index is 12.2. The SMILES string of the molecule is CCCCN(CC(N)=O)C(=O)N1CCCCC1. The van der Waals surface area contributed by atoms with Gasteiger partial charge in [0.1, 0.15) is 6.54 Å². The molecule has 1 heterocycles. The van der Waals surface area contributed by atoms with Gasteiger partial charge in [0.05, 0.1) is 0 Å². The van der Waals surface area contributed by atoms with E-state index in [-0.39, 0.29) is 12.6 Å². The van der Waals surface area contributed by atoms with Crippen molar-refractivity contribution in [1.82, 2.24) is 9.80 Å². The lowest BCUT2D eigenvalue weighted by molar-refractivity contribution is -0.118. The minimum Gasteiger partial charge on any atom is -0.368 e. The first-order chi connectivity index (χ1) is 8.15. The summed E-state index contributed by atoms with van der Waals surface area (Å²) < 4.78 is 0. The third-order valence-electron chi connectivity index (χ3n) is 3.03. The molecule has 0 radical (unpaired) electrons. The summed E-state index contributed by atoms with van der Waals surface area (Å²) in [7, 11) is 0. The lowest BCUT2D eigenvalue weighted by Crippen LogP contribution is -2.48. The van der Waals surface area contributed by atoms with Crippen LogP contribution in [-0.2, 0) is 4.79 Å². The number of nitrogens with zero attached hydrogens (tertiary/aromatic N) is 2. The molecule has 1 saturated heterocycles. The molecule has 1 aliphatic heterocycles. The van der Waals surface area contributed by atoms with Gasteiger partial charge in [-0.1, -0.05) is 13.3 Å². The van der Waals surface area contributed by atoms with Gasteiger partial charge in [-0.15, -0.1) is 0 Å². The van der Waals surface area contributed by atoms with Crippen LogP contribution in [-0.4, -0.2) is 47.9 Å². The third-order valence-corrected chi connectivity index (χ3v) is 3.03. The van der Waals surface area contributed by atoms with Crippen LogP contribution >= 0.6 is 0 Å². The van der Waals surface area contributed by atoms with E-state index in [4.69, 9.17) is 5.73 Å². The number of likely N-dealkylation sites (tertiary alicyclic amines) is 1. The predicted molar refractivity (Wildman–Crippen MR) is 66.5 cm³/mol. The Balaban J connectivity index is 2.53. The van der Waals surface area contributed by atoms with E-state index in [0.29, 0.717) is 6.54 Å². The Kier molecular flexibility index (Phi) is 5.80. The molecule has 1 rings (SSSR count). The standard InChI is InChI=1S/C12H23N3O2/c1-2-3-7-15(10-11(13)16)12(17)14-8-5-4-6-9-14/h2-10H2,1H3,(H2,13,16). The van der Waals surface area contributed by atoms with E-state index < -0.39 is 5.91 Å². The van der Waals surface area contributed by atoms with Crippen molar-refractivity contribution in [2.24, 2.45) is 5.73 Å². The van der Waals surface area contributed by atoms with Crippen molar-refractivity contribution in [2.45, 2.75) is 39.0 Å². The second-order valence-corrected chi connectivity index (χ2v) is 4.57. The first-order valence-electron chi connectivity index (χ1n) is 6.47. The number of rotatable bonds is 5. The fraction of sp³-hybridized carbons (Fsp3) is 0.833. The molecule has 0 saturated carbocycles. The molecule has 17 heavy (non-hydrogen) atoms. The molecule has 2 N–H and O–H groups in total. The van der Waals surface area contributed by atoms with Gasteiger partial charge >= 0.3 is 6.03 Å². The molecule has 0 aliphatic carbocycles. The molecule has 0 aromatic rings. The number of unbranched alkanes of at least 4 members (excludes halogenated alkanes) is 1. The highest BCUT2D eigenvalue weighted by Gasteiger charge is 2.23. The quantitative estimate of drug-likeness (QED) is 0.785. The number of primary amides is 1. The average molecular weight is 241 g/mol. The van der Waals surface area contributed by atoms with Crippen molar-refractivity contribution in [3.8, 4) is 0 Å². The van der Waals surface area contributed by atoms with E-state index in [0.717, 1.165) is 38.8 Å². The molecule has 0 bridgehead atoms. The van der Waals surface area contributed by atoms with Crippen LogP contribution in [0.5, 0.6) is 0 Å². The van der Waals surface area contributed by atoms with Gasteiger partial charge in [0, 0.05) is 19.6 Å². The first kappa shape index (κ1) is 13.8. The van der Waals surface area contributed by atoms with E-state index in [1.807, 2.05) is 4.90 Å². The Morgan fingerprint density at radius 1 is 1.24 bits per heavy atom. The summed E-state index contributed by atoms with van der Waals surface area (Å²) in [6.45, 7) is 4.33. The van der Waals surface area contributed by atoms with Crippen molar-refractivity contribution in [1.29, 1.82) is 0 Å². The van der Waals surface area contributed by atoms with Crippen molar-refractivity contribution in [3.05, 3.63) is 0 Å². The molecular formula is C12H23N3O2. The number of piperidine rings is 1. The van der Waals surface area contributed by atoms with Crippen LogP contribution in [0.3, 0.4) is 0 Å². The van der Waals surface area contributed by atoms with Gasteiger partial charge in [0.25, 0.3) is 0 Å². The summed E-state index contributed by atoms with van der Waals surface area (Å²) in [5.41, 5.74) is 5.18. The van der Waals surface area contributed by atoms with Crippen molar-refractivity contribution >= 4 is 11.9 Å². The minimum absolute atomic E-state index is 0.0306. The molecule has 3 amide bonds. The highest BCUT2D eigenvalue weighted by atomic mass is 16.2. The van der Waals surface area contributed by atoms with Gasteiger partial charge in [-0.2, -0.15) is 0 Å². The summed E-state index contributed by atoms with van der Waals surface area (Å²) in [4.78, 5) is 26.6. The van der Waals surface area contributed by atoms with Crippen LogP contribution in [0, 0.1) is 0 Å². The second-order valence-electron chi connectivity index (χ2n) is 4.57. The number of hydrogen-bond acceptors (Lipinski definition) is 2. The van der Waals surface area contributed by atoms with Crippen molar-refractivity contribution < 1.29 is 9.59 Å². The molecule has 0 aromatic heterocycles. The first-order valence-corrected chi connectivity index (χ1v) is 6.47. The molecule has 0 atom stereocenters. The fourth-order valence-corrected chi connectivity index (χ4v) is 2.06. The van der Waals surface area contributed by atoms with E-state index in [9.17, 15) is 9.59 Å². The van der Waals surface area contributed by atoms with Gasteiger partial charge in [0.2, 0.25) is 5.91 Å². The summed E-state index contributed by atoms with van der Waals surface area (Å²) in [5.74, 6) is -0.438. The largest absolute Gasteiger partial charge is 0.368 e. The van der Waals surface area contributed by atoms with Gasteiger partial charge in [-0.25, -0.2) is 4.79 Å². The number of nitrogens with two attached hydrogens (primary N) is 1. The number of urea groups is 1. The summed E-state index contributed by atoms with van der Waals surface area (Å²) in [6.07, 6.45) is 5.22. The van der Waals surface area contributed by atoms with Gasteiger partial charge in [-0.05, 0) is 25.7 Å². The summed E-state index contributed by atoms with van der Waals surface area (Å²) in [5, 5.41) is 0. The Labute approximate surface area is 103 Å². The molecule has 0 unspecified atom stereocenters. The number of carbonyl (C=O) groups is 2. The molecule has 5 heteroatoms. The maximum Gasteiger partial charge on any atom is 0.320 e. The lowest BCUT2D eigenvalue weighted by atomic mass is 10.1. The normalized spacial score (nSPS) is 15.7. The van der Waals surface area contributed by atoms with Crippen LogP contribution in [0.15, 0.2) is 0 Å². The second kappa shape index (κ2) is 7.14. The Bertz CT molecular complexity index is 262. The Morgan fingerprint density at radius 3 is 2.41 bits per heavy atom. The van der Waals surface area contributed by atoms with E-state index >= 15 is 0 Å². The molecule has 0 aromatic carbocycles. The third kappa shape index (κ3) is 4.63. The van der Waals surface area contributed by atoms with E-state index in [2.05, 4.69) is 6.92 Å². The van der Waals surface area contributed by atoms with Crippen molar-refractivity contribution in [2.75, 3.05) is 26.2 Å². The highest BCUT2D eigenvalue weighted by Crippen LogP contribution is 2.11. The zero-order valence-corrected chi connectivity index (χ0v) is 10.7. The van der Waals surface area contributed by atoms with Gasteiger partial charge in [0.15, 0.2) is 0 Å². The molecular weight excluding hydrogens is 218 g/mol. The summed E-state index contributed by atoms with van der Waals surface area (Å²) in [6, 6.07) is -0.0306. The van der Waals surface area contributed by atoms with E-state index in [1.165, 1.54) is 6.42 Å². The molecule has 1 fully saturated rings. The zero-order chi connectivity index (χ0) is 12.7. The minimum atomic E-state index is -0.438. The smallest absolute Gasteiger partial charge is 0.320 e. The van der Waals surface area contributed by atoms with Gasteiger partial charge in [-0.3, -0.25) is 4.79 Å². The van der Waals surface area contributed by atoms with Gasteiger partial charge < -0.3 is 15.5 Å². The molecule has 1 aliphatic rings. The van der Waals surface area contributed by atoms with Crippen LogP contribution in [0.25, 0.3) is 0 Å². The van der Waals surface area contributed by atoms with Crippen LogP contribution in [0.1, 0.15) is 39.0 Å². The van der Waals surface area contributed by atoms with Crippen molar-refractivity contribution in [3.63, 3.8) is 0 Å².